The predicted molar refractivity (Wildman–Crippen MR) is 64.1 cm³/mol. The predicted octanol–water partition coefficient (Wildman–Crippen LogP) is 2.61. The number of halogens is 4. The van der Waals surface area contributed by atoms with Gasteiger partial charge in [-0.25, -0.2) is 4.98 Å². The average Bonchev–Trinajstić information content (AvgIpc) is 2.22. The molecule has 1 rings (SSSR count). The Bertz CT molecular complexity index is 439. The number of aryl methyl sites for hydroxylation is 1. The van der Waals surface area contributed by atoms with Crippen molar-refractivity contribution in [1.82, 2.24) is 4.98 Å². The van der Waals surface area contributed by atoms with E-state index in [4.69, 9.17) is 0 Å². The molecule has 0 aliphatic carbocycles. The Hall–Kier alpha value is -1.06. The highest BCUT2D eigenvalue weighted by molar-refractivity contribution is 14.1. The highest BCUT2D eigenvalue weighted by Crippen LogP contribution is 2.30. The number of pyridine rings is 1. The fraction of sp³-hybridized carbons (Fsp3) is 0.400. The molecule has 0 N–H and O–H groups in total. The van der Waals surface area contributed by atoms with Crippen LogP contribution in [0.1, 0.15) is 11.3 Å². The molecule has 0 unspecified atom stereocenters. The normalized spacial score (nSPS) is 11.2. The number of ether oxygens (including phenoxy) is 2. The van der Waals surface area contributed by atoms with Gasteiger partial charge in [0, 0.05) is 0 Å². The van der Waals surface area contributed by atoms with Crippen molar-refractivity contribution in [2.75, 3.05) is 7.11 Å². The van der Waals surface area contributed by atoms with Crippen molar-refractivity contribution in [3.8, 4) is 5.75 Å². The lowest BCUT2D eigenvalue weighted by Crippen LogP contribution is -2.19. The summed E-state index contributed by atoms with van der Waals surface area (Å²) in [4.78, 5) is 14.9. The van der Waals surface area contributed by atoms with Gasteiger partial charge in [0.1, 0.15) is 3.70 Å². The first kappa shape index (κ1) is 15.0. The maximum atomic E-state index is 12.1. The van der Waals surface area contributed by atoms with E-state index in [1.807, 2.05) is 0 Å². The molecule has 0 fully saturated rings. The maximum absolute atomic E-state index is 12.1. The van der Waals surface area contributed by atoms with Gasteiger partial charge in [0.05, 0.1) is 19.2 Å². The van der Waals surface area contributed by atoms with Crippen molar-refractivity contribution in [3.05, 3.63) is 21.0 Å². The van der Waals surface area contributed by atoms with E-state index >= 15 is 0 Å². The Morgan fingerprint density at radius 1 is 1.50 bits per heavy atom. The first-order valence-corrected chi connectivity index (χ1v) is 5.79. The van der Waals surface area contributed by atoms with Gasteiger partial charge < -0.3 is 9.47 Å². The summed E-state index contributed by atoms with van der Waals surface area (Å²) in [5.41, 5.74) is 0.587. The molecular weight excluding hydrogens is 366 g/mol. The van der Waals surface area contributed by atoms with E-state index < -0.39 is 12.3 Å². The Morgan fingerprint density at radius 3 is 2.56 bits per heavy atom. The van der Waals surface area contributed by atoms with E-state index in [2.05, 4.69) is 14.5 Å². The Kier molecular flexibility index (Phi) is 4.77. The van der Waals surface area contributed by atoms with Crippen molar-refractivity contribution < 1.29 is 27.4 Å². The van der Waals surface area contributed by atoms with E-state index in [-0.39, 0.29) is 21.4 Å². The number of rotatable bonds is 3. The summed E-state index contributed by atoms with van der Waals surface area (Å²) in [6.07, 6.45) is -4.87. The van der Waals surface area contributed by atoms with Crippen LogP contribution in [0.2, 0.25) is 0 Å². The summed E-state index contributed by atoms with van der Waals surface area (Å²) >= 11 is 1.62. The monoisotopic (exact) mass is 375 g/mol. The summed E-state index contributed by atoms with van der Waals surface area (Å²) in [5, 5.41) is 0. The summed E-state index contributed by atoms with van der Waals surface area (Å²) < 4.78 is 44.8. The summed E-state index contributed by atoms with van der Waals surface area (Å²) in [6, 6.07) is 1.36. The number of hydrogen-bond donors (Lipinski definition) is 0. The number of nitrogens with zero attached hydrogens (tertiary/aromatic N) is 1. The molecule has 0 aromatic carbocycles. The van der Waals surface area contributed by atoms with Crippen molar-refractivity contribution in [3.63, 3.8) is 0 Å². The molecule has 0 saturated carbocycles. The van der Waals surface area contributed by atoms with Crippen molar-refractivity contribution in [2.24, 2.45) is 0 Å². The van der Waals surface area contributed by atoms with Crippen LogP contribution in [0.5, 0.6) is 5.75 Å². The van der Waals surface area contributed by atoms with Crippen LogP contribution in [0.4, 0.5) is 13.2 Å². The van der Waals surface area contributed by atoms with E-state index in [0.29, 0.717) is 5.69 Å². The van der Waals surface area contributed by atoms with Gasteiger partial charge in [-0.05, 0) is 41.1 Å². The Labute approximate surface area is 115 Å². The van der Waals surface area contributed by atoms with Crippen LogP contribution < -0.4 is 4.74 Å². The first-order chi connectivity index (χ1) is 8.23. The van der Waals surface area contributed by atoms with Gasteiger partial charge in [-0.15, -0.1) is 13.2 Å². The van der Waals surface area contributed by atoms with E-state index in [0.717, 1.165) is 0 Å². The van der Waals surface area contributed by atoms with Crippen LogP contribution in [0.3, 0.4) is 0 Å². The zero-order valence-electron chi connectivity index (χ0n) is 9.47. The molecule has 0 bridgehead atoms. The topological polar surface area (TPSA) is 48.4 Å². The molecule has 100 valence electrons. The van der Waals surface area contributed by atoms with E-state index in [1.54, 1.807) is 22.6 Å². The van der Waals surface area contributed by atoms with Crippen LogP contribution in [0, 0.1) is 10.6 Å². The number of carbonyl (C=O) groups excluding carboxylic acids is 1. The van der Waals surface area contributed by atoms with Gasteiger partial charge in [-0.2, -0.15) is 0 Å². The third kappa shape index (κ3) is 4.31. The van der Waals surface area contributed by atoms with Gasteiger partial charge in [0.25, 0.3) is 0 Å². The minimum atomic E-state index is -4.77. The molecule has 8 heteroatoms. The van der Waals surface area contributed by atoms with Crippen molar-refractivity contribution >= 4 is 28.6 Å². The molecule has 1 aromatic rings. The molecule has 1 heterocycles. The summed E-state index contributed by atoms with van der Waals surface area (Å²) in [5.74, 6) is -0.862. The first-order valence-electron chi connectivity index (χ1n) is 4.71. The highest BCUT2D eigenvalue weighted by atomic mass is 127. The van der Waals surface area contributed by atoms with Gasteiger partial charge in [-0.3, -0.25) is 4.79 Å². The van der Waals surface area contributed by atoms with Gasteiger partial charge in [0.15, 0.2) is 5.75 Å². The summed E-state index contributed by atoms with van der Waals surface area (Å²) in [7, 11) is 1.22. The number of esters is 1. The molecule has 0 aliphatic heterocycles. The second kappa shape index (κ2) is 5.72. The largest absolute Gasteiger partial charge is 0.573 e. The average molecular weight is 375 g/mol. The number of methoxy groups -OCH3 is 1. The lowest BCUT2D eigenvalue weighted by molar-refractivity contribution is -0.275. The fourth-order valence-electron chi connectivity index (χ4n) is 1.24. The lowest BCUT2D eigenvalue weighted by Gasteiger charge is -2.13. The van der Waals surface area contributed by atoms with Gasteiger partial charge >= 0.3 is 12.3 Å². The highest BCUT2D eigenvalue weighted by Gasteiger charge is 2.33. The zero-order valence-corrected chi connectivity index (χ0v) is 11.6. The quantitative estimate of drug-likeness (QED) is 0.463. The van der Waals surface area contributed by atoms with E-state index in [1.165, 1.54) is 20.1 Å². The van der Waals surface area contributed by atoms with Crippen LogP contribution >= 0.6 is 22.6 Å². The molecular formula is C10H9F3INO3. The zero-order chi connectivity index (χ0) is 13.9. The summed E-state index contributed by atoms with van der Waals surface area (Å²) in [6.45, 7) is 1.45. The smallest absolute Gasteiger partial charge is 0.469 e. The second-order valence-electron chi connectivity index (χ2n) is 3.35. The molecule has 0 spiro atoms. The van der Waals surface area contributed by atoms with Crippen LogP contribution in [0.25, 0.3) is 0 Å². The fourth-order valence-corrected chi connectivity index (χ4v) is 2.08. The third-order valence-electron chi connectivity index (χ3n) is 1.94. The number of aromatic nitrogens is 1. The van der Waals surface area contributed by atoms with Crippen molar-refractivity contribution in [1.29, 1.82) is 0 Å². The van der Waals surface area contributed by atoms with Crippen LogP contribution in [-0.2, 0) is 16.0 Å². The number of alkyl halides is 3. The number of carbonyl (C=O) groups is 1. The van der Waals surface area contributed by atoms with Gasteiger partial charge in [0.2, 0.25) is 0 Å². The van der Waals surface area contributed by atoms with Crippen molar-refractivity contribution in [2.45, 2.75) is 19.7 Å². The molecule has 1 aromatic heterocycles. The van der Waals surface area contributed by atoms with Crippen LogP contribution in [-0.4, -0.2) is 24.4 Å². The molecule has 0 saturated heterocycles. The minimum absolute atomic E-state index is 0.0452. The Morgan fingerprint density at radius 2 is 2.11 bits per heavy atom. The molecule has 0 amide bonds. The standard InChI is InChI=1S/C10H9F3INO3/c1-5-3-6(4-7(16)17-2)15-9(14)8(5)18-10(11,12)13/h3H,4H2,1-2H3. The second-order valence-corrected chi connectivity index (χ2v) is 4.37. The third-order valence-corrected chi connectivity index (χ3v) is 2.67. The lowest BCUT2D eigenvalue weighted by atomic mass is 10.2. The molecule has 0 aliphatic rings. The maximum Gasteiger partial charge on any atom is 0.573 e. The minimum Gasteiger partial charge on any atom is -0.469 e. The number of hydrogen-bond acceptors (Lipinski definition) is 4. The Balaban J connectivity index is 3.01. The molecule has 0 atom stereocenters. The molecule has 0 radical (unpaired) electrons. The molecule has 18 heavy (non-hydrogen) atoms. The SMILES string of the molecule is COC(=O)Cc1cc(C)c(OC(F)(F)F)c(I)n1. The van der Waals surface area contributed by atoms with Gasteiger partial charge in [-0.1, -0.05) is 0 Å². The van der Waals surface area contributed by atoms with E-state index in [9.17, 15) is 18.0 Å². The molecule has 4 nitrogen and oxygen atoms in total. The van der Waals surface area contributed by atoms with Crippen LogP contribution in [0.15, 0.2) is 6.07 Å².